The van der Waals surface area contributed by atoms with Crippen LogP contribution in [0.2, 0.25) is 10.0 Å². The number of nitrogens with one attached hydrogen (secondary N) is 1. The molecule has 0 aliphatic carbocycles. The minimum absolute atomic E-state index is 0.143. The van der Waals surface area contributed by atoms with Gasteiger partial charge in [-0.3, -0.25) is 4.79 Å². The summed E-state index contributed by atoms with van der Waals surface area (Å²) in [4.78, 5) is 11.9. The van der Waals surface area contributed by atoms with Crippen LogP contribution in [-0.4, -0.2) is 19.6 Å². The summed E-state index contributed by atoms with van der Waals surface area (Å²) in [5.74, 6) is 0.134. The number of methoxy groups -OCH3 is 1. The highest BCUT2D eigenvalue weighted by Gasteiger charge is 2.07. The number of ether oxygens (including phenoxy) is 2. The van der Waals surface area contributed by atoms with Gasteiger partial charge in [0.25, 0.3) is 5.91 Å². The van der Waals surface area contributed by atoms with E-state index in [0.717, 1.165) is 5.56 Å². The zero-order valence-electron chi connectivity index (χ0n) is 11.9. The van der Waals surface area contributed by atoms with Gasteiger partial charge in [-0.2, -0.15) is 0 Å². The molecule has 1 amide bonds. The molecule has 0 aliphatic rings. The molecule has 0 unspecified atom stereocenters. The Bertz CT molecular complexity index is 662. The lowest BCUT2D eigenvalue weighted by Gasteiger charge is -2.10. The number of benzene rings is 2. The van der Waals surface area contributed by atoms with Gasteiger partial charge >= 0.3 is 0 Å². The van der Waals surface area contributed by atoms with E-state index >= 15 is 0 Å². The van der Waals surface area contributed by atoms with Crippen LogP contribution in [0.15, 0.2) is 42.5 Å². The minimum Gasteiger partial charge on any atom is -0.482 e. The maximum absolute atomic E-state index is 11.9. The maximum Gasteiger partial charge on any atom is 0.262 e. The van der Waals surface area contributed by atoms with Crippen molar-refractivity contribution in [1.82, 2.24) is 0 Å². The summed E-state index contributed by atoms with van der Waals surface area (Å²) in [5, 5.41) is 3.63. The molecular weight excluding hydrogens is 325 g/mol. The van der Waals surface area contributed by atoms with Gasteiger partial charge in [-0.05, 0) is 35.9 Å². The number of carbonyl (C=O) groups is 1. The Morgan fingerprint density at radius 3 is 2.73 bits per heavy atom. The van der Waals surface area contributed by atoms with Crippen molar-refractivity contribution in [3.05, 3.63) is 58.1 Å². The van der Waals surface area contributed by atoms with E-state index in [-0.39, 0.29) is 12.5 Å². The highest BCUT2D eigenvalue weighted by Crippen LogP contribution is 2.27. The summed E-state index contributed by atoms with van der Waals surface area (Å²) in [6.45, 7) is 0.344. The number of hydrogen-bond acceptors (Lipinski definition) is 3. The van der Waals surface area contributed by atoms with E-state index in [2.05, 4.69) is 5.32 Å². The molecular formula is C16H15Cl2NO3. The third kappa shape index (κ3) is 4.91. The van der Waals surface area contributed by atoms with E-state index in [1.54, 1.807) is 31.4 Å². The van der Waals surface area contributed by atoms with Crippen molar-refractivity contribution in [2.75, 3.05) is 19.0 Å². The highest BCUT2D eigenvalue weighted by atomic mass is 35.5. The Labute approximate surface area is 138 Å². The molecule has 0 heterocycles. The van der Waals surface area contributed by atoms with Crippen molar-refractivity contribution in [1.29, 1.82) is 0 Å². The molecule has 0 saturated heterocycles. The Hall–Kier alpha value is -1.75. The van der Waals surface area contributed by atoms with Crippen LogP contribution in [0.5, 0.6) is 5.75 Å². The molecule has 6 heteroatoms. The fraction of sp³-hybridized carbons (Fsp3) is 0.188. The summed E-state index contributed by atoms with van der Waals surface area (Å²) in [6.07, 6.45) is 0. The summed E-state index contributed by atoms with van der Waals surface area (Å²) in [5.41, 5.74) is 1.66. The van der Waals surface area contributed by atoms with Gasteiger partial charge in [0.1, 0.15) is 5.75 Å². The predicted octanol–water partition coefficient (Wildman–Crippen LogP) is 4.16. The molecule has 0 aromatic heterocycles. The van der Waals surface area contributed by atoms with Crippen molar-refractivity contribution in [2.24, 2.45) is 0 Å². The van der Waals surface area contributed by atoms with Crippen LogP contribution in [0.4, 0.5) is 5.69 Å². The first-order valence-corrected chi connectivity index (χ1v) is 7.29. The second kappa shape index (κ2) is 8.03. The highest BCUT2D eigenvalue weighted by molar-refractivity contribution is 6.35. The second-order valence-corrected chi connectivity index (χ2v) is 5.39. The average Bonchev–Trinajstić information content (AvgIpc) is 2.47. The zero-order chi connectivity index (χ0) is 15.9. The zero-order valence-corrected chi connectivity index (χ0v) is 13.4. The summed E-state index contributed by atoms with van der Waals surface area (Å²) in [7, 11) is 1.62. The number of amides is 1. The fourth-order valence-corrected chi connectivity index (χ4v) is 2.30. The van der Waals surface area contributed by atoms with Crippen LogP contribution >= 0.6 is 23.2 Å². The predicted molar refractivity (Wildman–Crippen MR) is 87.7 cm³/mol. The lowest BCUT2D eigenvalue weighted by molar-refractivity contribution is -0.118. The number of halogens is 2. The van der Waals surface area contributed by atoms with Crippen LogP contribution in [-0.2, 0) is 16.1 Å². The Kier molecular flexibility index (Phi) is 6.07. The van der Waals surface area contributed by atoms with E-state index in [4.69, 9.17) is 32.7 Å². The van der Waals surface area contributed by atoms with Crippen molar-refractivity contribution >= 4 is 34.8 Å². The molecule has 0 aliphatic heterocycles. The van der Waals surface area contributed by atoms with Crippen LogP contribution < -0.4 is 10.1 Å². The SMILES string of the molecule is COCc1cccc(NC(=O)COc2ccc(Cl)cc2Cl)c1. The van der Waals surface area contributed by atoms with Crippen LogP contribution in [0.1, 0.15) is 5.56 Å². The van der Waals surface area contributed by atoms with Crippen molar-refractivity contribution < 1.29 is 14.3 Å². The first-order valence-electron chi connectivity index (χ1n) is 6.54. The summed E-state index contributed by atoms with van der Waals surface area (Å²) in [6, 6.07) is 12.2. The quantitative estimate of drug-likeness (QED) is 0.859. The van der Waals surface area contributed by atoms with E-state index < -0.39 is 0 Å². The maximum atomic E-state index is 11.9. The van der Waals surface area contributed by atoms with Crippen LogP contribution in [0, 0.1) is 0 Å². The van der Waals surface area contributed by atoms with Gasteiger partial charge in [-0.1, -0.05) is 35.3 Å². The first kappa shape index (κ1) is 16.6. The smallest absolute Gasteiger partial charge is 0.262 e. The van der Waals surface area contributed by atoms with Gasteiger partial charge in [0.15, 0.2) is 6.61 Å². The molecule has 2 aromatic rings. The molecule has 0 atom stereocenters. The van der Waals surface area contributed by atoms with E-state index in [9.17, 15) is 4.79 Å². The monoisotopic (exact) mass is 339 g/mol. The molecule has 2 aromatic carbocycles. The summed E-state index contributed by atoms with van der Waals surface area (Å²) >= 11 is 11.8. The Morgan fingerprint density at radius 2 is 2.00 bits per heavy atom. The largest absolute Gasteiger partial charge is 0.482 e. The molecule has 2 rings (SSSR count). The van der Waals surface area contributed by atoms with Crippen molar-refractivity contribution in [2.45, 2.75) is 6.61 Å². The van der Waals surface area contributed by atoms with Crippen LogP contribution in [0.3, 0.4) is 0 Å². The van der Waals surface area contributed by atoms with Crippen molar-refractivity contribution in [3.8, 4) is 5.75 Å². The van der Waals surface area contributed by atoms with Gasteiger partial charge in [0.2, 0.25) is 0 Å². The summed E-state index contributed by atoms with van der Waals surface area (Å²) < 4.78 is 10.4. The number of hydrogen-bond donors (Lipinski definition) is 1. The van der Waals surface area contributed by atoms with Crippen molar-refractivity contribution in [3.63, 3.8) is 0 Å². The molecule has 0 bridgehead atoms. The van der Waals surface area contributed by atoms with E-state index in [1.807, 2.05) is 18.2 Å². The van der Waals surface area contributed by atoms with E-state index in [1.165, 1.54) is 0 Å². The Balaban J connectivity index is 1.91. The van der Waals surface area contributed by atoms with Gasteiger partial charge < -0.3 is 14.8 Å². The molecule has 0 spiro atoms. The molecule has 4 nitrogen and oxygen atoms in total. The molecule has 0 fully saturated rings. The molecule has 0 saturated carbocycles. The standard InChI is InChI=1S/C16H15Cl2NO3/c1-21-9-11-3-2-4-13(7-11)19-16(20)10-22-15-6-5-12(17)8-14(15)18/h2-8H,9-10H2,1H3,(H,19,20). The molecule has 0 radical (unpaired) electrons. The minimum atomic E-state index is -0.277. The van der Waals surface area contributed by atoms with Gasteiger partial charge in [-0.25, -0.2) is 0 Å². The third-order valence-corrected chi connectivity index (χ3v) is 3.30. The topological polar surface area (TPSA) is 47.6 Å². The van der Waals surface area contributed by atoms with Crippen LogP contribution in [0.25, 0.3) is 0 Å². The number of anilines is 1. The molecule has 1 N–H and O–H groups in total. The van der Waals surface area contributed by atoms with Gasteiger partial charge in [0, 0.05) is 17.8 Å². The third-order valence-electron chi connectivity index (χ3n) is 2.77. The first-order chi connectivity index (χ1) is 10.6. The fourth-order valence-electron chi connectivity index (χ4n) is 1.84. The second-order valence-electron chi connectivity index (χ2n) is 4.54. The van der Waals surface area contributed by atoms with E-state index in [0.29, 0.717) is 28.1 Å². The Morgan fingerprint density at radius 1 is 1.18 bits per heavy atom. The normalized spacial score (nSPS) is 10.3. The van der Waals surface area contributed by atoms with Gasteiger partial charge in [0.05, 0.1) is 11.6 Å². The number of carbonyl (C=O) groups excluding carboxylic acids is 1. The van der Waals surface area contributed by atoms with Gasteiger partial charge in [-0.15, -0.1) is 0 Å². The lowest BCUT2D eigenvalue weighted by atomic mass is 10.2. The molecule has 22 heavy (non-hydrogen) atoms. The average molecular weight is 340 g/mol. The lowest BCUT2D eigenvalue weighted by Crippen LogP contribution is -2.20. The molecule has 116 valence electrons. The number of rotatable bonds is 6.